The van der Waals surface area contributed by atoms with Crippen molar-refractivity contribution < 1.29 is 28.3 Å². The summed E-state index contributed by atoms with van der Waals surface area (Å²) in [5.41, 5.74) is 2.90. The first-order valence-corrected chi connectivity index (χ1v) is 20.4. The molecule has 11 heteroatoms. The lowest BCUT2D eigenvalue weighted by Crippen LogP contribution is -2.50. The molecule has 3 atom stereocenters. The van der Waals surface area contributed by atoms with Crippen molar-refractivity contribution in [3.63, 3.8) is 0 Å². The molecule has 0 bridgehead atoms. The van der Waals surface area contributed by atoms with Gasteiger partial charge in [-0.25, -0.2) is 9.59 Å². The molecule has 0 aliphatic carbocycles. The molecule has 2 heterocycles. The van der Waals surface area contributed by atoms with Crippen LogP contribution in [0.25, 0.3) is 0 Å². The fourth-order valence-corrected chi connectivity index (χ4v) is 7.36. The van der Waals surface area contributed by atoms with E-state index in [-0.39, 0.29) is 41.8 Å². The third-order valence-electron chi connectivity index (χ3n) is 9.58. The number of rotatable bonds is 10. The first-order chi connectivity index (χ1) is 23.3. The van der Waals surface area contributed by atoms with Crippen molar-refractivity contribution in [2.24, 2.45) is 0 Å². The van der Waals surface area contributed by atoms with Crippen molar-refractivity contribution in [1.82, 2.24) is 14.8 Å². The minimum atomic E-state index is -2.27. The molecule has 1 fully saturated rings. The van der Waals surface area contributed by atoms with Crippen LogP contribution in [0.3, 0.4) is 0 Å². The number of likely N-dealkylation sites (tertiary alicyclic amines) is 1. The molecule has 9 nitrogen and oxygen atoms in total. The number of ether oxygens (including phenoxy) is 2. The van der Waals surface area contributed by atoms with E-state index in [0.717, 1.165) is 24.0 Å². The largest absolute Gasteiger partial charge is 0.465 e. The average molecular weight is 722 g/mol. The van der Waals surface area contributed by atoms with E-state index in [1.165, 1.54) is 13.3 Å². The van der Waals surface area contributed by atoms with E-state index in [1.807, 2.05) is 74.2 Å². The molecule has 0 saturated carbocycles. The Balaban J connectivity index is 1.57. The second-order valence-electron chi connectivity index (χ2n) is 15.7. The molecule has 1 saturated heterocycles. The minimum Gasteiger partial charge on any atom is -0.465 e. The third kappa shape index (κ3) is 9.73. The van der Waals surface area contributed by atoms with Gasteiger partial charge in [-0.3, -0.25) is 14.7 Å². The highest BCUT2D eigenvalue weighted by atomic mass is 35.5. The fraction of sp³-hybridized carbons (Fsp3) is 0.487. The maximum Gasteiger partial charge on any atom is 0.410 e. The van der Waals surface area contributed by atoms with Crippen molar-refractivity contribution >= 4 is 37.9 Å². The second-order valence-corrected chi connectivity index (χ2v) is 20.9. The maximum absolute atomic E-state index is 14.0. The van der Waals surface area contributed by atoms with E-state index < -0.39 is 19.9 Å². The van der Waals surface area contributed by atoms with Gasteiger partial charge in [0, 0.05) is 42.6 Å². The van der Waals surface area contributed by atoms with E-state index >= 15 is 0 Å². The van der Waals surface area contributed by atoms with Gasteiger partial charge < -0.3 is 18.8 Å². The van der Waals surface area contributed by atoms with Crippen molar-refractivity contribution in [3.8, 4) is 0 Å². The Morgan fingerprint density at radius 2 is 1.58 bits per heavy atom. The van der Waals surface area contributed by atoms with Crippen LogP contribution in [0.1, 0.15) is 97.9 Å². The zero-order valence-electron chi connectivity index (χ0n) is 31.1. The number of halogens is 1. The fourth-order valence-electron chi connectivity index (χ4n) is 5.95. The van der Waals surface area contributed by atoms with E-state index in [2.05, 4.69) is 38.8 Å². The number of esters is 1. The molecule has 2 aromatic carbocycles. The SMILES string of the molecule is COC(=O)c1cncc(CN(C)C(=O)c2ccc(C[C@@H]3CC[C@H]([C@H](O[Si](C)(C)C(C)(C)C)c4ccc(Cl)cc4)N3C(=O)OC(C)(C)C)cc2)c1. The third-order valence-corrected chi connectivity index (χ3v) is 14.3. The lowest BCUT2D eigenvalue weighted by Gasteiger charge is -2.43. The zero-order valence-corrected chi connectivity index (χ0v) is 32.8. The van der Waals surface area contributed by atoms with E-state index in [9.17, 15) is 14.4 Å². The van der Waals surface area contributed by atoms with Gasteiger partial charge in [-0.2, -0.15) is 0 Å². The second kappa shape index (κ2) is 15.7. The number of aromatic nitrogens is 1. The lowest BCUT2D eigenvalue weighted by molar-refractivity contribution is -0.00240. The molecular weight excluding hydrogens is 670 g/mol. The van der Waals surface area contributed by atoms with Crippen molar-refractivity contribution in [1.29, 1.82) is 0 Å². The lowest BCUT2D eigenvalue weighted by atomic mass is 10.0. The molecule has 0 spiro atoms. The number of pyridine rings is 1. The molecule has 270 valence electrons. The maximum atomic E-state index is 14.0. The quantitative estimate of drug-likeness (QED) is 0.152. The molecule has 1 aromatic heterocycles. The highest BCUT2D eigenvalue weighted by Crippen LogP contribution is 2.44. The molecule has 0 radical (unpaired) electrons. The van der Waals surface area contributed by atoms with Gasteiger partial charge in [-0.05, 0) is 105 Å². The summed E-state index contributed by atoms with van der Waals surface area (Å²) < 4.78 is 17.9. The normalized spacial score (nSPS) is 17.3. The summed E-state index contributed by atoms with van der Waals surface area (Å²) in [5.74, 6) is -0.642. The Hall–Kier alpha value is -3.73. The number of carbonyl (C=O) groups is 3. The molecule has 4 rings (SSSR count). The number of methoxy groups -OCH3 is 1. The molecule has 50 heavy (non-hydrogen) atoms. The van der Waals surface area contributed by atoms with Gasteiger partial charge in [-0.1, -0.05) is 56.6 Å². The highest BCUT2D eigenvalue weighted by Gasteiger charge is 2.47. The van der Waals surface area contributed by atoms with Crippen LogP contribution in [-0.2, 0) is 26.9 Å². The van der Waals surface area contributed by atoms with Crippen LogP contribution in [0, 0.1) is 0 Å². The van der Waals surface area contributed by atoms with Gasteiger partial charge >= 0.3 is 12.1 Å². The number of hydrogen-bond acceptors (Lipinski definition) is 7. The minimum absolute atomic E-state index is 0.0380. The van der Waals surface area contributed by atoms with Gasteiger partial charge in [-0.15, -0.1) is 0 Å². The summed E-state index contributed by atoms with van der Waals surface area (Å²) >= 11 is 6.29. The van der Waals surface area contributed by atoms with Gasteiger partial charge in [0.15, 0.2) is 8.32 Å². The van der Waals surface area contributed by atoms with Crippen molar-refractivity contribution in [2.45, 2.75) is 109 Å². The summed E-state index contributed by atoms with van der Waals surface area (Å²) in [4.78, 5) is 46.9. The Morgan fingerprint density at radius 3 is 2.16 bits per heavy atom. The smallest absolute Gasteiger partial charge is 0.410 e. The van der Waals surface area contributed by atoms with E-state index in [0.29, 0.717) is 28.1 Å². The Bertz CT molecular complexity index is 1650. The van der Waals surface area contributed by atoms with Gasteiger partial charge in [0.2, 0.25) is 0 Å². The predicted molar refractivity (Wildman–Crippen MR) is 199 cm³/mol. The number of benzene rings is 2. The molecule has 0 unspecified atom stereocenters. The van der Waals surface area contributed by atoms with E-state index in [1.54, 1.807) is 24.2 Å². The molecular formula is C39H52ClN3O6Si. The number of hydrogen-bond donors (Lipinski definition) is 0. The monoisotopic (exact) mass is 721 g/mol. The first kappa shape index (κ1) is 39.1. The summed E-state index contributed by atoms with van der Waals surface area (Å²) in [6.45, 7) is 17.0. The standard InChI is InChI=1S/C39H52ClN3O6Si/c1-38(2,3)48-37(46)43-32(19-20-33(43)34(28-15-17-31(40)18-16-28)49-50(9,10)39(4,5)6)22-26-11-13-29(14-12-26)35(44)42(7)25-27-21-30(24-41-23-27)36(45)47-8/h11-18,21,23-24,32-34H,19-20,22,25H2,1-10H3/t32-,33+,34+/m0/s1. The topological polar surface area (TPSA) is 98.3 Å². The van der Waals surface area contributed by atoms with Crippen LogP contribution in [0.2, 0.25) is 23.2 Å². The highest BCUT2D eigenvalue weighted by molar-refractivity contribution is 6.74. The molecule has 3 aromatic rings. The summed E-state index contributed by atoms with van der Waals surface area (Å²) in [6, 6.07) is 16.6. The van der Waals surface area contributed by atoms with Gasteiger partial charge in [0.25, 0.3) is 5.91 Å². The summed E-state index contributed by atoms with van der Waals surface area (Å²) in [5, 5.41) is 0.606. The average Bonchev–Trinajstić information content (AvgIpc) is 3.45. The van der Waals surface area contributed by atoms with Gasteiger partial charge in [0.1, 0.15) is 5.60 Å². The number of amides is 2. The predicted octanol–water partition coefficient (Wildman–Crippen LogP) is 8.87. The van der Waals surface area contributed by atoms with Crippen LogP contribution in [0.4, 0.5) is 4.79 Å². The zero-order chi connectivity index (χ0) is 37.0. The van der Waals surface area contributed by atoms with Crippen LogP contribution in [0.5, 0.6) is 0 Å². The Labute approximate surface area is 303 Å². The van der Waals surface area contributed by atoms with Crippen molar-refractivity contribution in [3.05, 3.63) is 99.8 Å². The van der Waals surface area contributed by atoms with Crippen LogP contribution < -0.4 is 0 Å². The number of carbonyl (C=O) groups excluding carboxylic acids is 3. The Morgan fingerprint density at radius 1 is 0.940 bits per heavy atom. The van der Waals surface area contributed by atoms with Crippen LogP contribution in [-0.4, -0.2) is 72.9 Å². The van der Waals surface area contributed by atoms with Crippen LogP contribution >= 0.6 is 11.6 Å². The van der Waals surface area contributed by atoms with E-state index in [4.69, 9.17) is 25.5 Å². The van der Waals surface area contributed by atoms with Crippen LogP contribution in [0.15, 0.2) is 67.0 Å². The molecule has 1 aliphatic heterocycles. The molecule has 1 aliphatic rings. The summed E-state index contributed by atoms with van der Waals surface area (Å²) in [7, 11) is 0.754. The van der Waals surface area contributed by atoms with Crippen molar-refractivity contribution in [2.75, 3.05) is 14.2 Å². The first-order valence-electron chi connectivity index (χ1n) is 17.1. The summed E-state index contributed by atoms with van der Waals surface area (Å²) in [6.07, 6.45) is 4.47. The molecule has 2 amide bonds. The Kier molecular flexibility index (Phi) is 12.2. The number of nitrogens with zero attached hydrogens (tertiary/aromatic N) is 3. The van der Waals surface area contributed by atoms with Gasteiger partial charge in [0.05, 0.1) is 24.8 Å². The molecule has 0 N–H and O–H groups in total.